The van der Waals surface area contributed by atoms with Crippen LogP contribution in [0.4, 0.5) is 0 Å². The fourth-order valence-corrected chi connectivity index (χ4v) is 3.00. The zero-order valence-electron chi connectivity index (χ0n) is 10.9. The molecule has 2 nitrogen and oxygen atoms in total. The molecule has 2 heteroatoms. The minimum absolute atomic E-state index is 0.191. The van der Waals surface area contributed by atoms with E-state index in [0.29, 0.717) is 12.5 Å². The van der Waals surface area contributed by atoms with Gasteiger partial charge in [0.2, 0.25) is 0 Å². The molecule has 2 unspecified atom stereocenters. The summed E-state index contributed by atoms with van der Waals surface area (Å²) in [5.41, 5.74) is 7.62. The van der Waals surface area contributed by atoms with Crippen molar-refractivity contribution >= 4 is 0 Å². The Hall–Kier alpha value is -1.02. The van der Waals surface area contributed by atoms with Crippen LogP contribution in [0.3, 0.4) is 0 Å². The third-order valence-electron chi connectivity index (χ3n) is 3.76. The lowest BCUT2D eigenvalue weighted by molar-refractivity contribution is 0.229. The summed E-state index contributed by atoms with van der Waals surface area (Å²) in [7, 11) is 0. The number of hydrogen-bond acceptors (Lipinski definition) is 2. The molecule has 1 aromatic rings. The fraction of sp³-hybridized carbons (Fsp3) is 0.600. The normalized spacial score (nSPS) is 29.0. The second-order valence-corrected chi connectivity index (χ2v) is 5.29. The molecule has 94 valence electrons. The highest BCUT2D eigenvalue weighted by Crippen LogP contribution is 2.41. The Morgan fingerprint density at radius 1 is 1.41 bits per heavy atom. The molecule has 2 rings (SSSR count). The summed E-state index contributed by atoms with van der Waals surface area (Å²) in [5, 5.41) is 0. The summed E-state index contributed by atoms with van der Waals surface area (Å²) in [6.07, 6.45) is 4.66. The second-order valence-electron chi connectivity index (χ2n) is 5.29. The average molecular weight is 233 g/mol. The van der Waals surface area contributed by atoms with Gasteiger partial charge in [-0.2, -0.15) is 0 Å². The molecule has 0 aliphatic heterocycles. The van der Waals surface area contributed by atoms with Crippen LogP contribution in [0, 0.1) is 5.92 Å². The molecular weight excluding hydrogens is 210 g/mol. The maximum atomic E-state index is 6.62. The molecule has 1 aliphatic carbocycles. The van der Waals surface area contributed by atoms with Gasteiger partial charge in [-0.25, -0.2) is 0 Å². The van der Waals surface area contributed by atoms with Crippen LogP contribution in [0.5, 0.6) is 5.75 Å². The van der Waals surface area contributed by atoms with Crippen LogP contribution in [0.2, 0.25) is 0 Å². The van der Waals surface area contributed by atoms with Crippen molar-refractivity contribution in [3.05, 3.63) is 29.8 Å². The molecule has 17 heavy (non-hydrogen) atoms. The van der Waals surface area contributed by atoms with Gasteiger partial charge in [0, 0.05) is 11.1 Å². The average Bonchev–Trinajstić information content (AvgIpc) is 2.30. The first-order valence-electron chi connectivity index (χ1n) is 6.67. The summed E-state index contributed by atoms with van der Waals surface area (Å²) >= 11 is 0. The Morgan fingerprint density at radius 2 is 2.18 bits per heavy atom. The zero-order chi connectivity index (χ0) is 12.3. The van der Waals surface area contributed by atoms with Gasteiger partial charge in [-0.15, -0.1) is 0 Å². The monoisotopic (exact) mass is 233 g/mol. The zero-order valence-corrected chi connectivity index (χ0v) is 10.9. The number of nitrogens with two attached hydrogens (primary N) is 1. The maximum absolute atomic E-state index is 6.62. The molecule has 1 fully saturated rings. The highest BCUT2D eigenvalue weighted by Gasteiger charge is 2.34. The Bertz CT molecular complexity index is 377. The quantitative estimate of drug-likeness (QED) is 0.868. The number of benzene rings is 1. The van der Waals surface area contributed by atoms with Crippen molar-refractivity contribution in [2.24, 2.45) is 11.7 Å². The van der Waals surface area contributed by atoms with Gasteiger partial charge in [-0.1, -0.05) is 38.0 Å². The van der Waals surface area contributed by atoms with Gasteiger partial charge in [-0.05, 0) is 31.7 Å². The van der Waals surface area contributed by atoms with Gasteiger partial charge < -0.3 is 10.5 Å². The van der Waals surface area contributed by atoms with E-state index in [0.717, 1.165) is 18.6 Å². The molecule has 0 spiro atoms. The first-order chi connectivity index (χ1) is 8.15. The molecule has 1 aliphatic rings. The minimum atomic E-state index is -0.191. The van der Waals surface area contributed by atoms with Gasteiger partial charge in [0.15, 0.2) is 0 Å². The third-order valence-corrected chi connectivity index (χ3v) is 3.76. The lowest BCUT2D eigenvalue weighted by atomic mass is 9.73. The molecule has 0 saturated heterocycles. The standard InChI is InChI=1S/C15H23NO/c1-3-17-14-9-5-4-8-13(14)15(16)10-6-7-12(2)11-15/h4-5,8-9,12H,3,6-7,10-11,16H2,1-2H3. The fourth-order valence-electron chi connectivity index (χ4n) is 3.00. The molecule has 0 radical (unpaired) electrons. The Balaban J connectivity index is 2.31. The Labute approximate surface area is 104 Å². The van der Waals surface area contributed by atoms with Gasteiger partial charge in [-0.3, -0.25) is 0 Å². The predicted octanol–water partition coefficient (Wildman–Crippen LogP) is 3.45. The summed E-state index contributed by atoms with van der Waals surface area (Å²) in [5.74, 6) is 1.68. The minimum Gasteiger partial charge on any atom is -0.494 e. The van der Waals surface area contributed by atoms with E-state index in [2.05, 4.69) is 19.1 Å². The van der Waals surface area contributed by atoms with Gasteiger partial charge >= 0.3 is 0 Å². The van der Waals surface area contributed by atoms with E-state index in [1.807, 2.05) is 19.1 Å². The van der Waals surface area contributed by atoms with E-state index in [9.17, 15) is 0 Å². The first kappa shape index (κ1) is 12.4. The maximum Gasteiger partial charge on any atom is 0.124 e. The smallest absolute Gasteiger partial charge is 0.124 e. The van der Waals surface area contributed by atoms with Crippen molar-refractivity contribution in [2.75, 3.05) is 6.61 Å². The van der Waals surface area contributed by atoms with E-state index >= 15 is 0 Å². The lowest BCUT2D eigenvalue weighted by Gasteiger charge is -2.38. The highest BCUT2D eigenvalue weighted by atomic mass is 16.5. The molecular formula is C15H23NO. The van der Waals surface area contributed by atoms with E-state index in [4.69, 9.17) is 10.5 Å². The Kier molecular flexibility index (Phi) is 3.72. The molecule has 1 aromatic carbocycles. The molecule has 1 saturated carbocycles. The molecule has 2 atom stereocenters. The van der Waals surface area contributed by atoms with Crippen molar-refractivity contribution in [2.45, 2.75) is 45.1 Å². The molecule has 0 bridgehead atoms. The van der Waals surface area contributed by atoms with Crippen molar-refractivity contribution in [1.82, 2.24) is 0 Å². The predicted molar refractivity (Wildman–Crippen MR) is 71.1 cm³/mol. The van der Waals surface area contributed by atoms with Crippen LogP contribution in [-0.2, 0) is 5.54 Å². The van der Waals surface area contributed by atoms with Crippen LogP contribution >= 0.6 is 0 Å². The van der Waals surface area contributed by atoms with Gasteiger partial charge in [0.1, 0.15) is 5.75 Å². The van der Waals surface area contributed by atoms with E-state index in [1.54, 1.807) is 0 Å². The summed E-state index contributed by atoms with van der Waals surface area (Å²) in [4.78, 5) is 0. The van der Waals surface area contributed by atoms with E-state index in [1.165, 1.54) is 18.4 Å². The topological polar surface area (TPSA) is 35.2 Å². The van der Waals surface area contributed by atoms with Crippen LogP contribution in [-0.4, -0.2) is 6.61 Å². The SMILES string of the molecule is CCOc1ccccc1C1(N)CCCC(C)C1. The largest absolute Gasteiger partial charge is 0.494 e. The van der Waals surface area contributed by atoms with Crippen LogP contribution in [0.1, 0.15) is 45.1 Å². The van der Waals surface area contributed by atoms with E-state index < -0.39 is 0 Å². The molecule has 0 heterocycles. The summed E-state index contributed by atoms with van der Waals surface area (Å²) in [6.45, 7) is 5.01. The number of ether oxygens (including phenoxy) is 1. The third kappa shape index (κ3) is 2.63. The van der Waals surface area contributed by atoms with E-state index in [-0.39, 0.29) is 5.54 Å². The second kappa shape index (κ2) is 5.09. The van der Waals surface area contributed by atoms with Crippen molar-refractivity contribution in [3.8, 4) is 5.75 Å². The first-order valence-corrected chi connectivity index (χ1v) is 6.67. The van der Waals surface area contributed by atoms with Crippen LogP contribution in [0.15, 0.2) is 24.3 Å². The van der Waals surface area contributed by atoms with Gasteiger partial charge in [0.05, 0.1) is 6.61 Å². The number of rotatable bonds is 3. The Morgan fingerprint density at radius 3 is 2.88 bits per heavy atom. The summed E-state index contributed by atoms with van der Waals surface area (Å²) < 4.78 is 5.71. The highest BCUT2D eigenvalue weighted by molar-refractivity contribution is 5.39. The summed E-state index contributed by atoms with van der Waals surface area (Å²) in [6, 6.07) is 8.24. The number of para-hydroxylation sites is 1. The van der Waals surface area contributed by atoms with Crippen LogP contribution in [0.25, 0.3) is 0 Å². The number of hydrogen-bond donors (Lipinski definition) is 1. The molecule has 0 aromatic heterocycles. The van der Waals surface area contributed by atoms with Crippen molar-refractivity contribution < 1.29 is 4.74 Å². The van der Waals surface area contributed by atoms with Crippen LogP contribution < -0.4 is 10.5 Å². The lowest BCUT2D eigenvalue weighted by Crippen LogP contribution is -2.41. The molecule has 2 N–H and O–H groups in total. The molecule has 0 amide bonds. The van der Waals surface area contributed by atoms with Crippen molar-refractivity contribution in [3.63, 3.8) is 0 Å². The van der Waals surface area contributed by atoms with Crippen molar-refractivity contribution in [1.29, 1.82) is 0 Å². The van der Waals surface area contributed by atoms with Gasteiger partial charge in [0.25, 0.3) is 0 Å².